The van der Waals surface area contributed by atoms with E-state index in [-0.39, 0.29) is 5.97 Å². The number of carbonyl (C=O) groups excluding carboxylic acids is 1. The van der Waals surface area contributed by atoms with Crippen molar-refractivity contribution < 1.29 is 9.53 Å². The van der Waals surface area contributed by atoms with Gasteiger partial charge in [0.05, 0.1) is 12.7 Å². The first-order chi connectivity index (χ1) is 6.60. The van der Waals surface area contributed by atoms with Crippen LogP contribution in [0.5, 0.6) is 0 Å². The number of anilines is 1. The number of esters is 1. The number of hydrogen-bond acceptors (Lipinski definition) is 3. The minimum absolute atomic E-state index is 0.331. The van der Waals surface area contributed by atoms with Crippen molar-refractivity contribution in [2.24, 2.45) is 0 Å². The van der Waals surface area contributed by atoms with Crippen LogP contribution < -0.4 is 5.73 Å². The predicted molar refractivity (Wildman–Crippen MR) is 59.3 cm³/mol. The van der Waals surface area contributed by atoms with Crippen molar-refractivity contribution in [2.45, 2.75) is 13.3 Å². The summed E-state index contributed by atoms with van der Waals surface area (Å²) in [7, 11) is 1.37. The summed E-state index contributed by atoms with van der Waals surface area (Å²) >= 11 is 3.27. The zero-order chi connectivity index (χ0) is 10.7. The molecule has 0 atom stereocenters. The number of carbonyl (C=O) groups is 1. The zero-order valence-electron chi connectivity index (χ0n) is 8.13. The van der Waals surface area contributed by atoms with Gasteiger partial charge in [-0.2, -0.15) is 0 Å². The maximum Gasteiger partial charge on any atom is 0.338 e. The molecule has 14 heavy (non-hydrogen) atoms. The smallest absolute Gasteiger partial charge is 0.338 e. The molecule has 0 radical (unpaired) electrons. The number of ether oxygens (including phenoxy) is 1. The first-order valence-corrected chi connectivity index (χ1v) is 5.05. The number of halogens is 1. The molecular formula is C10H12BrNO2. The molecule has 0 aliphatic carbocycles. The molecule has 0 saturated carbocycles. The molecule has 0 aliphatic heterocycles. The van der Waals surface area contributed by atoms with Gasteiger partial charge < -0.3 is 10.5 Å². The van der Waals surface area contributed by atoms with Gasteiger partial charge in [0, 0.05) is 10.2 Å². The first kappa shape index (κ1) is 11.0. The Morgan fingerprint density at radius 3 is 2.71 bits per heavy atom. The van der Waals surface area contributed by atoms with Crippen LogP contribution >= 0.6 is 15.9 Å². The summed E-state index contributed by atoms with van der Waals surface area (Å²) in [4.78, 5) is 11.4. The molecule has 3 nitrogen and oxygen atoms in total. The fraction of sp³-hybridized carbons (Fsp3) is 0.300. The summed E-state index contributed by atoms with van der Waals surface area (Å²) < 4.78 is 5.39. The summed E-state index contributed by atoms with van der Waals surface area (Å²) in [5.74, 6) is -0.331. The number of methoxy groups -OCH3 is 1. The van der Waals surface area contributed by atoms with E-state index in [0.29, 0.717) is 11.3 Å². The standard InChI is InChI=1S/C10H12BrNO2/c1-3-6-4-9(12)8(11)5-7(6)10(13)14-2/h4-5H,3,12H2,1-2H3. The lowest BCUT2D eigenvalue weighted by Crippen LogP contribution is -2.06. The molecule has 1 rings (SSSR count). The predicted octanol–water partition coefficient (Wildman–Crippen LogP) is 2.38. The maximum absolute atomic E-state index is 11.4. The lowest BCUT2D eigenvalue weighted by Gasteiger charge is -2.08. The SMILES string of the molecule is CCc1cc(N)c(Br)cc1C(=O)OC. The molecule has 0 heterocycles. The number of hydrogen-bond donors (Lipinski definition) is 1. The van der Waals surface area contributed by atoms with E-state index in [1.165, 1.54) is 7.11 Å². The Morgan fingerprint density at radius 2 is 2.21 bits per heavy atom. The van der Waals surface area contributed by atoms with E-state index in [2.05, 4.69) is 20.7 Å². The first-order valence-electron chi connectivity index (χ1n) is 4.26. The molecule has 0 amide bonds. The van der Waals surface area contributed by atoms with Gasteiger partial charge in [-0.05, 0) is 40.0 Å². The summed E-state index contributed by atoms with van der Waals surface area (Å²) in [6, 6.07) is 3.48. The Kier molecular flexibility index (Phi) is 3.52. The van der Waals surface area contributed by atoms with Gasteiger partial charge in [-0.25, -0.2) is 4.79 Å². The third-order valence-electron chi connectivity index (χ3n) is 2.01. The van der Waals surface area contributed by atoms with E-state index >= 15 is 0 Å². The molecule has 0 fully saturated rings. The van der Waals surface area contributed by atoms with E-state index < -0.39 is 0 Å². The minimum atomic E-state index is -0.331. The Hall–Kier alpha value is -1.03. The number of aryl methyl sites for hydroxylation is 1. The van der Waals surface area contributed by atoms with Crippen molar-refractivity contribution in [1.29, 1.82) is 0 Å². The molecule has 2 N–H and O–H groups in total. The summed E-state index contributed by atoms with van der Waals surface area (Å²) in [6.45, 7) is 1.97. The molecule has 0 aromatic heterocycles. The highest BCUT2D eigenvalue weighted by molar-refractivity contribution is 9.10. The normalized spacial score (nSPS) is 9.93. The van der Waals surface area contributed by atoms with Crippen LogP contribution in [0.2, 0.25) is 0 Å². The highest BCUT2D eigenvalue weighted by Crippen LogP contribution is 2.24. The Balaban J connectivity index is 3.27. The van der Waals surface area contributed by atoms with E-state index in [9.17, 15) is 4.79 Å². The zero-order valence-corrected chi connectivity index (χ0v) is 9.72. The van der Waals surface area contributed by atoms with Crippen LogP contribution in [0.25, 0.3) is 0 Å². The highest BCUT2D eigenvalue weighted by Gasteiger charge is 2.12. The van der Waals surface area contributed by atoms with Crippen molar-refractivity contribution in [3.63, 3.8) is 0 Å². The van der Waals surface area contributed by atoms with Crippen LogP contribution in [-0.2, 0) is 11.2 Å². The Bertz CT molecular complexity index is 363. The minimum Gasteiger partial charge on any atom is -0.465 e. The lowest BCUT2D eigenvalue weighted by atomic mass is 10.0. The highest BCUT2D eigenvalue weighted by atomic mass is 79.9. The van der Waals surface area contributed by atoms with Crippen LogP contribution in [0.1, 0.15) is 22.8 Å². The van der Waals surface area contributed by atoms with Gasteiger partial charge in [-0.15, -0.1) is 0 Å². The largest absolute Gasteiger partial charge is 0.465 e. The Labute approximate surface area is 91.4 Å². The van der Waals surface area contributed by atoms with Gasteiger partial charge in [-0.1, -0.05) is 6.92 Å². The average molecular weight is 258 g/mol. The molecular weight excluding hydrogens is 246 g/mol. The molecule has 0 aliphatic rings. The van der Waals surface area contributed by atoms with Gasteiger partial charge in [0.2, 0.25) is 0 Å². The second-order valence-electron chi connectivity index (χ2n) is 2.88. The van der Waals surface area contributed by atoms with Gasteiger partial charge >= 0.3 is 5.97 Å². The van der Waals surface area contributed by atoms with Crippen LogP contribution in [0.4, 0.5) is 5.69 Å². The monoisotopic (exact) mass is 257 g/mol. The molecule has 0 saturated heterocycles. The van der Waals surface area contributed by atoms with Crippen molar-refractivity contribution in [3.8, 4) is 0 Å². The number of rotatable bonds is 2. The van der Waals surface area contributed by atoms with Gasteiger partial charge in [-0.3, -0.25) is 0 Å². The third kappa shape index (κ3) is 2.07. The van der Waals surface area contributed by atoms with Crippen molar-refractivity contribution in [1.82, 2.24) is 0 Å². The van der Waals surface area contributed by atoms with E-state index in [1.54, 1.807) is 12.1 Å². The van der Waals surface area contributed by atoms with E-state index in [1.807, 2.05) is 6.92 Å². The molecule has 76 valence electrons. The summed E-state index contributed by atoms with van der Waals surface area (Å²) in [6.07, 6.45) is 0.752. The van der Waals surface area contributed by atoms with Gasteiger partial charge in [0.15, 0.2) is 0 Å². The van der Waals surface area contributed by atoms with Gasteiger partial charge in [0.1, 0.15) is 0 Å². The second-order valence-corrected chi connectivity index (χ2v) is 3.73. The van der Waals surface area contributed by atoms with E-state index in [4.69, 9.17) is 5.73 Å². The molecule has 4 heteroatoms. The molecule has 0 spiro atoms. The summed E-state index contributed by atoms with van der Waals surface area (Å²) in [5.41, 5.74) is 7.81. The topological polar surface area (TPSA) is 52.3 Å². The van der Waals surface area contributed by atoms with Crippen molar-refractivity contribution in [2.75, 3.05) is 12.8 Å². The molecule has 0 bridgehead atoms. The fourth-order valence-electron chi connectivity index (χ4n) is 1.23. The molecule has 1 aromatic rings. The summed E-state index contributed by atoms with van der Waals surface area (Å²) in [5, 5.41) is 0. The number of benzene rings is 1. The average Bonchev–Trinajstić information content (AvgIpc) is 2.20. The second kappa shape index (κ2) is 4.46. The lowest BCUT2D eigenvalue weighted by molar-refractivity contribution is 0.0599. The van der Waals surface area contributed by atoms with Crippen molar-refractivity contribution >= 4 is 27.6 Å². The Morgan fingerprint density at radius 1 is 1.57 bits per heavy atom. The fourth-order valence-corrected chi connectivity index (χ4v) is 1.57. The molecule has 0 unspecified atom stereocenters. The van der Waals surface area contributed by atoms with Crippen LogP contribution in [0.15, 0.2) is 16.6 Å². The van der Waals surface area contributed by atoms with Crippen LogP contribution in [-0.4, -0.2) is 13.1 Å². The molecule has 1 aromatic carbocycles. The van der Waals surface area contributed by atoms with E-state index in [0.717, 1.165) is 16.5 Å². The third-order valence-corrected chi connectivity index (χ3v) is 2.70. The van der Waals surface area contributed by atoms with Gasteiger partial charge in [0.25, 0.3) is 0 Å². The van der Waals surface area contributed by atoms with Crippen LogP contribution in [0.3, 0.4) is 0 Å². The number of nitrogen functional groups attached to an aromatic ring is 1. The van der Waals surface area contributed by atoms with Crippen LogP contribution in [0, 0.1) is 0 Å². The van der Waals surface area contributed by atoms with Crippen molar-refractivity contribution in [3.05, 3.63) is 27.7 Å². The maximum atomic E-state index is 11.4. The number of nitrogens with two attached hydrogens (primary N) is 1. The quantitative estimate of drug-likeness (QED) is 0.654.